The molecule has 0 spiro atoms. The van der Waals surface area contributed by atoms with Crippen molar-refractivity contribution in [2.24, 2.45) is 11.7 Å². The number of hydrogen-bond acceptors (Lipinski definition) is 10. The molecule has 0 radical (unpaired) electrons. The van der Waals surface area contributed by atoms with Crippen molar-refractivity contribution >= 4 is 23.6 Å². The van der Waals surface area contributed by atoms with Crippen molar-refractivity contribution in [1.29, 1.82) is 0 Å². The predicted molar refractivity (Wildman–Crippen MR) is 154 cm³/mol. The van der Waals surface area contributed by atoms with Crippen LogP contribution in [0.25, 0.3) is 11.1 Å². The molecule has 12 nitrogen and oxygen atoms in total. The molecule has 42 heavy (non-hydrogen) atoms. The van der Waals surface area contributed by atoms with Crippen LogP contribution in [0.3, 0.4) is 0 Å². The van der Waals surface area contributed by atoms with E-state index in [4.69, 9.17) is 15.2 Å². The van der Waals surface area contributed by atoms with Gasteiger partial charge in [-0.25, -0.2) is 14.5 Å². The van der Waals surface area contributed by atoms with Gasteiger partial charge in [0.15, 0.2) is 18.6 Å². The van der Waals surface area contributed by atoms with Gasteiger partial charge >= 0.3 is 11.9 Å². The van der Waals surface area contributed by atoms with Gasteiger partial charge in [0.2, 0.25) is 0 Å². The minimum Gasteiger partial charge on any atom is -0.464 e. The lowest BCUT2D eigenvalue weighted by Gasteiger charge is -2.25. The molecule has 2 atom stereocenters. The summed E-state index contributed by atoms with van der Waals surface area (Å²) in [6, 6.07) is 17.8. The second-order valence-electron chi connectivity index (χ2n) is 9.99. The van der Waals surface area contributed by atoms with E-state index in [1.54, 1.807) is 20.8 Å². The maximum Gasteiger partial charge on any atom is 0.336 e. The molecule has 0 saturated carbocycles. The largest absolute Gasteiger partial charge is 0.464 e. The summed E-state index contributed by atoms with van der Waals surface area (Å²) in [5, 5.41) is 15.9. The Morgan fingerprint density at radius 3 is 2.24 bits per heavy atom. The smallest absolute Gasteiger partial charge is 0.336 e. The van der Waals surface area contributed by atoms with E-state index >= 15 is 0 Å². The first-order chi connectivity index (χ1) is 20.0. The van der Waals surface area contributed by atoms with Crippen LogP contribution in [0, 0.1) is 5.92 Å². The number of amides is 1. The van der Waals surface area contributed by atoms with Gasteiger partial charge in [-0.2, -0.15) is 5.10 Å². The Morgan fingerprint density at radius 2 is 1.64 bits per heavy atom. The molecule has 1 heterocycles. The maximum absolute atomic E-state index is 13.4. The third-order valence-corrected chi connectivity index (χ3v) is 6.34. The SMILES string of the molecule is CCOC(=O)[C@H](O)CN(Cc1ccc(-c2ccccc2)cc1)NC(=O)c1cc(C(C)=O)nn1COC(=O)[C@@H](N)C(C)C. The third-order valence-electron chi connectivity index (χ3n) is 6.34. The molecule has 3 aromatic rings. The van der Waals surface area contributed by atoms with Crippen molar-refractivity contribution in [3.63, 3.8) is 0 Å². The number of hydrogen-bond donors (Lipinski definition) is 3. The molecule has 3 rings (SSSR count). The molecular formula is C30H37N5O7. The molecule has 0 bridgehead atoms. The summed E-state index contributed by atoms with van der Waals surface area (Å²) in [5.41, 5.74) is 11.2. The van der Waals surface area contributed by atoms with Gasteiger partial charge in [0.05, 0.1) is 13.2 Å². The molecule has 0 aliphatic carbocycles. The number of nitrogens with one attached hydrogen (secondary N) is 1. The molecule has 0 fully saturated rings. The second-order valence-corrected chi connectivity index (χ2v) is 9.99. The van der Waals surface area contributed by atoms with E-state index in [-0.39, 0.29) is 37.0 Å². The number of ketones is 1. The molecule has 0 unspecified atom stereocenters. The predicted octanol–water partition coefficient (Wildman–Crippen LogP) is 2.31. The zero-order chi connectivity index (χ0) is 30.8. The van der Waals surface area contributed by atoms with Crippen molar-refractivity contribution in [2.45, 2.75) is 53.1 Å². The van der Waals surface area contributed by atoms with Gasteiger partial charge < -0.3 is 20.3 Å². The van der Waals surface area contributed by atoms with Crippen LogP contribution in [0.15, 0.2) is 60.7 Å². The number of aliphatic hydroxyl groups is 1. The zero-order valence-electron chi connectivity index (χ0n) is 24.1. The van der Waals surface area contributed by atoms with Crippen molar-refractivity contribution in [1.82, 2.24) is 20.2 Å². The highest BCUT2D eigenvalue weighted by atomic mass is 16.5. The number of rotatable bonds is 14. The Hall–Kier alpha value is -4.39. The number of nitrogens with two attached hydrogens (primary N) is 1. The number of Topliss-reactive ketones (excluding diaryl/α,β-unsaturated/α-hetero) is 1. The fourth-order valence-corrected chi connectivity index (χ4v) is 3.89. The topological polar surface area (TPSA) is 166 Å². The van der Waals surface area contributed by atoms with Gasteiger partial charge in [-0.1, -0.05) is 68.4 Å². The molecule has 0 saturated heterocycles. The van der Waals surface area contributed by atoms with Crippen molar-refractivity contribution < 1.29 is 33.8 Å². The van der Waals surface area contributed by atoms with Crippen molar-refractivity contribution in [3.8, 4) is 11.1 Å². The van der Waals surface area contributed by atoms with Gasteiger partial charge in [0, 0.05) is 19.5 Å². The number of aromatic nitrogens is 2. The molecule has 1 amide bonds. The molecule has 2 aromatic carbocycles. The number of carbonyl (C=O) groups excluding carboxylic acids is 4. The summed E-state index contributed by atoms with van der Waals surface area (Å²) in [5.74, 6) is -2.81. The van der Waals surface area contributed by atoms with E-state index in [1.165, 1.54) is 18.0 Å². The first-order valence-corrected chi connectivity index (χ1v) is 13.6. The lowest BCUT2D eigenvalue weighted by Crippen LogP contribution is -2.48. The minimum atomic E-state index is -1.55. The highest BCUT2D eigenvalue weighted by Crippen LogP contribution is 2.20. The van der Waals surface area contributed by atoms with E-state index in [0.29, 0.717) is 0 Å². The summed E-state index contributed by atoms with van der Waals surface area (Å²) in [6.07, 6.45) is -1.55. The monoisotopic (exact) mass is 579 g/mol. The Morgan fingerprint density at radius 1 is 1.00 bits per heavy atom. The zero-order valence-corrected chi connectivity index (χ0v) is 24.1. The van der Waals surface area contributed by atoms with Gasteiger partial charge in [-0.15, -0.1) is 0 Å². The van der Waals surface area contributed by atoms with Crippen LogP contribution in [0.5, 0.6) is 0 Å². The van der Waals surface area contributed by atoms with Crippen LogP contribution in [0.1, 0.15) is 54.2 Å². The van der Waals surface area contributed by atoms with Gasteiger partial charge in [-0.3, -0.25) is 19.8 Å². The number of benzene rings is 2. The van der Waals surface area contributed by atoms with E-state index in [9.17, 15) is 24.3 Å². The van der Waals surface area contributed by atoms with E-state index in [2.05, 4.69) is 10.5 Å². The number of nitrogens with zero attached hydrogens (tertiary/aromatic N) is 3. The highest BCUT2D eigenvalue weighted by Gasteiger charge is 2.25. The van der Waals surface area contributed by atoms with Gasteiger partial charge in [0.25, 0.3) is 5.91 Å². The summed E-state index contributed by atoms with van der Waals surface area (Å²) in [7, 11) is 0. The number of aliphatic hydroxyl groups excluding tert-OH is 1. The van der Waals surface area contributed by atoms with Crippen LogP contribution >= 0.6 is 0 Å². The number of carbonyl (C=O) groups is 4. The number of esters is 2. The summed E-state index contributed by atoms with van der Waals surface area (Å²) in [4.78, 5) is 49.9. The third kappa shape index (κ3) is 8.80. The normalized spacial score (nSPS) is 12.6. The molecule has 4 N–H and O–H groups in total. The van der Waals surface area contributed by atoms with Crippen molar-refractivity contribution in [3.05, 3.63) is 77.6 Å². The van der Waals surface area contributed by atoms with Crippen LogP contribution < -0.4 is 11.2 Å². The second kappa shape index (κ2) is 15.0. The molecule has 0 aliphatic heterocycles. The Labute approximate surface area is 244 Å². The average molecular weight is 580 g/mol. The van der Waals surface area contributed by atoms with Crippen LogP contribution in [0.2, 0.25) is 0 Å². The maximum atomic E-state index is 13.4. The van der Waals surface area contributed by atoms with Crippen molar-refractivity contribution in [2.75, 3.05) is 13.2 Å². The molecule has 0 aliphatic rings. The van der Waals surface area contributed by atoms with Crippen LogP contribution in [-0.2, 0) is 32.3 Å². The first-order valence-electron chi connectivity index (χ1n) is 13.6. The standard InChI is InChI=1S/C30H37N5O7/c1-5-41-29(39)26(37)17-34(16-21-11-13-23(14-12-21)22-9-7-6-8-10-22)33-28(38)25-15-24(20(4)36)32-35(25)18-42-30(40)27(31)19(2)3/h6-15,19,26-27,37H,5,16-18,31H2,1-4H3,(H,33,38)/t26-,27+/m1/s1. The summed E-state index contributed by atoms with van der Waals surface area (Å²) in [6.45, 7) is 5.88. The highest BCUT2D eigenvalue weighted by molar-refractivity contribution is 5.97. The van der Waals surface area contributed by atoms with E-state index in [0.717, 1.165) is 21.4 Å². The molecule has 12 heteroatoms. The van der Waals surface area contributed by atoms with Crippen LogP contribution in [0.4, 0.5) is 0 Å². The van der Waals surface area contributed by atoms with E-state index in [1.807, 2.05) is 54.6 Å². The quantitative estimate of drug-likeness (QED) is 0.147. The fraction of sp³-hybridized carbons (Fsp3) is 0.367. The number of ether oxygens (including phenoxy) is 2. The number of hydrazine groups is 1. The Kier molecular flexibility index (Phi) is 11.5. The lowest BCUT2D eigenvalue weighted by atomic mass is 10.0. The molecular weight excluding hydrogens is 542 g/mol. The fourth-order valence-electron chi connectivity index (χ4n) is 3.89. The minimum absolute atomic E-state index is 0.0148. The summed E-state index contributed by atoms with van der Waals surface area (Å²) >= 11 is 0. The summed E-state index contributed by atoms with van der Waals surface area (Å²) < 4.78 is 11.2. The molecule has 224 valence electrons. The Balaban J connectivity index is 1.83. The Bertz CT molecular complexity index is 1370. The van der Waals surface area contributed by atoms with Crippen LogP contribution in [-0.4, -0.2) is 68.8 Å². The lowest BCUT2D eigenvalue weighted by molar-refractivity contribution is -0.154. The average Bonchev–Trinajstić information content (AvgIpc) is 3.41. The van der Waals surface area contributed by atoms with Gasteiger partial charge in [-0.05, 0) is 29.5 Å². The first kappa shape index (κ1) is 32.1. The molecule has 1 aromatic heterocycles. The van der Waals surface area contributed by atoms with E-state index < -0.39 is 42.5 Å². The van der Waals surface area contributed by atoms with Gasteiger partial charge in [0.1, 0.15) is 17.4 Å².